The highest BCUT2D eigenvalue weighted by atomic mass is 35.5. The van der Waals surface area contributed by atoms with Gasteiger partial charge in [0.2, 0.25) is 0 Å². The van der Waals surface area contributed by atoms with Crippen molar-refractivity contribution in [1.29, 1.82) is 0 Å². The molecule has 10 heteroatoms. The van der Waals surface area contributed by atoms with E-state index in [2.05, 4.69) is 4.74 Å². The Morgan fingerprint density at radius 1 is 1.36 bits per heavy atom. The van der Waals surface area contributed by atoms with Crippen LogP contribution in [0.1, 0.15) is 6.92 Å². The van der Waals surface area contributed by atoms with Gasteiger partial charge in [-0.25, -0.2) is 14.1 Å². The third kappa shape index (κ3) is 2.40. The molecular weight excluding hydrogens is 332 g/mol. The molecule has 1 fully saturated rings. The van der Waals surface area contributed by atoms with Gasteiger partial charge in [0.15, 0.2) is 0 Å². The monoisotopic (exact) mass is 340 g/mol. The van der Waals surface area contributed by atoms with Crippen LogP contribution in [-0.4, -0.2) is 30.4 Å². The highest BCUT2D eigenvalue weighted by Gasteiger charge is 2.69. The van der Waals surface area contributed by atoms with E-state index in [-0.39, 0.29) is 10.6 Å². The second-order valence-electron chi connectivity index (χ2n) is 4.28. The Morgan fingerprint density at radius 3 is 2.50 bits per heavy atom. The fourth-order valence-electron chi connectivity index (χ4n) is 1.96. The number of hydrogen-bond acceptors (Lipinski definition) is 3. The molecular formula is C12H9ClF4N2O3. The summed E-state index contributed by atoms with van der Waals surface area (Å²) in [5.41, 5.74) is -3.78. The number of amides is 3. The van der Waals surface area contributed by atoms with Gasteiger partial charge >= 0.3 is 17.9 Å². The van der Waals surface area contributed by atoms with Crippen LogP contribution in [0, 0.1) is 5.82 Å². The van der Waals surface area contributed by atoms with Gasteiger partial charge in [0.05, 0.1) is 10.7 Å². The zero-order valence-corrected chi connectivity index (χ0v) is 11.8. The highest BCUT2D eigenvalue weighted by Crippen LogP contribution is 2.38. The third-order valence-electron chi connectivity index (χ3n) is 2.91. The predicted octanol–water partition coefficient (Wildman–Crippen LogP) is 2.83. The number of halogens is 5. The molecule has 0 aliphatic carbocycles. The van der Waals surface area contributed by atoms with E-state index in [1.165, 1.54) is 12.2 Å². The van der Waals surface area contributed by atoms with Crippen LogP contribution in [0.5, 0.6) is 0 Å². The maximum atomic E-state index is 13.2. The minimum atomic E-state index is -5.17. The fraction of sp³-hybridized carbons (Fsp3) is 0.333. The van der Waals surface area contributed by atoms with Crippen molar-refractivity contribution in [3.8, 4) is 0 Å². The number of carbonyl (C=O) groups excluding carboxylic acids is 2. The van der Waals surface area contributed by atoms with E-state index in [1.807, 2.05) is 0 Å². The second-order valence-corrected chi connectivity index (χ2v) is 4.69. The molecule has 1 aliphatic rings. The summed E-state index contributed by atoms with van der Waals surface area (Å²) in [6.45, 7) is 0.772. The molecule has 1 heterocycles. The Kier molecular flexibility index (Phi) is 4.05. The number of hydrogen-bond donors (Lipinski definition) is 1. The number of benzene rings is 1. The van der Waals surface area contributed by atoms with E-state index in [4.69, 9.17) is 11.6 Å². The molecule has 0 unspecified atom stereocenters. The lowest BCUT2D eigenvalue weighted by Crippen LogP contribution is -2.60. The quantitative estimate of drug-likeness (QED) is 0.680. The Labute approximate surface area is 126 Å². The zero-order valence-electron chi connectivity index (χ0n) is 11.0. The number of ether oxygens (including phenoxy) is 1. The molecule has 1 atom stereocenters. The van der Waals surface area contributed by atoms with Crippen LogP contribution >= 0.6 is 11.6 Å². The molecule has 22 heavy (non-hydrogen) atoms. The van der Waals surface area contributed by atoms with Gasteiger partial charge in [-0.1, -0.05) is 11.6 Å². The number of rotatable bonds is 3. The summed E-state index contributed by atoms with van der Waals surface area (Å²) in [4.78, 5) is 24.1. The minimum Gasteiger partial charge on any atom is -0.340 e. The molecule has 1 saturated heterocycles. The van der Waals surface area contributed by atoms with Crippen LogP contribution in [-0.2, 0) is 9.53 Å². The van der Waals surface area contributed by atoms with E-state index in [9.17, 15) is 27.2 Å². The van der Waals surface area contributed by atoms with Gasteiger partial charge in [-0.3, -0.25) is 10.1 Å². The first-order valence-corrected chi connectivity index (χ1v) is 6.34. The molecule has 0 saturated carbocycles. The van der Waals surface area contributed by atoms with Gasteiger partial charge in [0, 0.05) is 6.61 Å². The summed E-state index contributed by atoms with van der Waals surface area (Å²) >= 11 is 5.51. The number of imide groups is 1. The van der Waals surface area contributed by atoms with Crippen LogP contribution in [0.3, 0.4) is 0 Å². The molecule has 0 radical (unpaired) electrons. The summed E-state index contributed by atoms with van der Waals surface area (Å²) in [5, 5.41) is 1.05. The SMILES string of the molecule is CCO[C@@]1(C(F)(F)F)NC(=O)N(c2ccc(F)c(Cl)c2)C1=O. The average molecular weight is 341 g/mol. The Bertz CT molecular complexity index is 637. The van der Waals surface area contributed by atoms with Crippen molar-refractivity contribution < 1.29 is 31.9 Å². The van der Waals surface area contributed by atoms with Crippen molar-refractivity contribution in [1.82, 2.24) is 5.32 Å². The normalized spacial score (nSPS) is 22.2. The Morgan fingerprint density at radius 2 is 2.00 bits per heavy atom. The zero-order chi connectivity index (χ0) is 16.7. The first-order chi connectivity index (χ1) is 10.1. The van der Waals surface area contributed by atoms with E-state index >= 15 is 0 Å². The topological polar surface area (TPSA) is 58.6 Å². The lowest BCUT2D eigenvalue weighted by molar-refractivity contribution is -0.267. The van der Waals surface area contributed by atoms with Crippen molar-refractivity contribution in [2.24, 2.45) is 0 Å². The van der Waals surface area contributed by atoms with E-state index in [0.29, 0.717) is 0 Å². The highest BCUT2D eigenvalue weighted by molar-refractivity contribution is 6.31. The van der Waals surface area contributed by atoms with Crippen LogP contribution in [0.15, 0.2) is 18.2 Å². The van der Waals surface area contributed by atoms with Gasteiger partial charge in [0.25, 0.3) is 5.91 Å². The molecule has 1 N–H and O–H groups in total. The summed E-state index contributed by atoms with van der Waals surface area (Å²) in [7, 11) is 0. The molecule has 1 aromatic carbocycles. The molecule has 120 valence electrons. The molecule has 1 aliphatic heterocycles. The summed E-state index contributed by atoms with van der Waals surface area (Å²) in [5.74, 6) is -2.51. The fourth-order valence-corrected chi connectivity index (χ4v) is 2.13. The standard InChI is InChI=1S/C12H9ClF4N2O3/c1-2-22-11(12(15,16)17)9(20)19(10(21)18-11)6-3-4-8(14)7(13)5-6/h3-5H,2H2,1H3,(H,18,21)/t11-/m0/s1. The van der Waals surface area contributed by atoms with Crippen LogP contribution < -0.4 is 10.2 Å². The van der Waals surface area contributed by atoms with Gasteiger partial charge in [-0.15, -0.1) is 0 Å². The average Bonchev–Trinajstić information content (AvgIpc) is 2.66. The molecule has 1 aromatic rings. The van der Waals surface area contributed by atoms with Gasteiger partial charge in [-0.05, 0) is 25.1 Å². The van der Waals surface area contributed by atoms with Crippen LogP contribution in [0.25, 0.3) is 0 Å². The smallest absolute Gasteiger partial charge is 0.340 e. The Balaban J connectivity index is 2.49. The van der Waals surface area contributed by atoms with Gasteiger partial charge < -0.3 is 4.74 Å². The predicted molar refractivity (Wildman–Crippen MR) is 67.8 cm³/mol. The number of carbonyl (C=O) groups is 2. The molecule has 0 spiro atoms. The Hall–Kier alpha value is -1.87. The lowest BCUT2D eigenvalue weighted by atomic mass is 10.2. The number of urea groups is 1. The molecule has 5 nitrogen and oxygen atoms in total. The minimum absolute atomic E-state index is 0.203. The second kappa shape index (κ2) is 5.40. The third-order valence-corrected chi connectivity index (χ3v) is 3.20. The molecule has 0 aromatic heterocycles. The number of alkyl halides is 3. The number of nitrogens with one attached hydrogen (secondary N) is 1. The van der Waals surface area contributed by atoms with Crippen LogP contribution in [0.2, 0.25) is 5.02 Å². The summed E-state index contributed by atoms with van der Waals surface area (Å²) in [6, 6.07) is 1.30. The van der Waals surface area contributed by atoms with Crippen molar-refractivity contribution in [3.05, 3.63) is 29.0 Å². The van der Waals surface area contributed by atoms with Gasteiger partial charge in [-0.2, -0.15) is 13.2 Å². The molecule has 3 amide bonds. The first-order valence-electron chi connectivity index (χ1n) is 5.96. The van der Waals surface area contributed by atoms with Crippen molar-refractivity contribution in [3.63, 3.8) is 0 Å². The molecule has 2 rings (SSSR count). The first kappa shape index (κ1) is 16.5. The van der Waals surface area contributed by atoms with Gasteiger partial charge in [0.1, 0.15) is 5.82 Å². The van der Waals surface area contributed by atoms with E-state index in [1.54, 1.807) is 0 Å². The van der Waals surface area contributed by atoms with E-state index in [0.717, 1.165) is 18.2 Å². The number of nitrogens with zero attached hydrogens (tertiary/aromatic N) is 1. The van der Waals surface area contributed by atoms with Crippen LogP contribution in [0.4, 0.5) is 28.0 Å². The maximum Gasteiger partial charge on any atom is 0.446 e. The lowest BCUT2D eigenvalue weighted by Gasteiger charge is -2.28. The largest absolute Gasteiger partial charge is 0.446 e. The maximum absolute atomic E-state index is 13.2. The summed E-state index contributed by atoms with van der Waals surface area (Å²) in [6.07, 6.45) is -5.17. The van der Waals surface area contributed by atoms with Crippen molar-refractivity contribution in [2.75, 3.05) is 11.5 Å². The summed E-state index contributed by atoms with van der Waals surface area (Å²) < 4.78 is 57.1. The molecule has 0 bridgehead atoms. The number of anilines is 1. The van der Waals surface area contributed by atoms with Crippen molar-refractivity contribution >= 4 is 29.2 Å². The van der Waals surface area contributed by atoms with E-state index < -0.39 is 41.3 Å². The van der Waals surface area contributed by atoms with Crippen molar-refractivity contribution in [2.45, 2.75) is 18.8 Å².